The molecule has 2 aromatic carbocycles. The summed E-state index contributed by atoms with van der Waals surface area (Å²) in [5.74, 6) is -0.287. The van der Waals surface area contributed by atoms with E-state index in [2.05, 4.69) is 29.0 Å². The van der Waals surface area contributed by atoms with E-state index in [4.69, 9.17) is 5.73 Å². The van der Waals surface area contributed by atoms with Crippen molar-refractivity contribution in [3.05, 3.63) is 77.4 Å². The number of amides is 1. The second-order valence-corrected chi connectivity index (χ2v) is 7.11. The van der Waals surface area contributed by atoms with E-state index in [1.54, 1.807) is 30.5 Å². The van der Waals surface area contributed by atoms with Crippen molar-refractivity contribution in [3.63, 3.8) is 0 Å². The fraction of sp³-hybridized carbons (Fsp3) is 0.238. The molecule has 0 aliphatic rings. The summed E-state index contributed by atoms with van der Waals surface area (Å²) in [5, 5.41) is 8.42. The Morgan fingerprint density at radius 1 is 1.11 bits per heavy atom. The van der Waals surface area contributed by atoms with Crippen LogP contribution >= 0.6 is 0 Å². The van der Waals surface area contributed by atoms with E-state index >= 15 is 0 Å². The summed E-state index contributed by atoms with van der Waals surface area (Å²) in [6.07, 6.45) is 3.22. The zero-order valence-electron chi connectivity index (χ0n) is 15.3. The Balaban J connectivity index is 1.70. The van der Waals surface area contributed by atoms with Gasteiger partial charge in [0.05, 0.1) is 11.9 Å². The molecule has 0 fully saturated rings. The second-order valence-electron chi connectivity index (χ2n) is 7.11. The van der Waals surface area contributed by atoms with Crippen molar-refractivity contribution in [1.82, 2.24) is 15.2 Å². The van der Waals surface area contributed by atoms with Crippen LogP contribution in [-0.4, -0.2) is 21.1 Å². The summed E-state index contributed by atoms with van der Waals surface area (Å²) < 4.78 is 13.1. The van der Waals surface area contributed by atoms with Gasteiger partial charge < -0.3 is 5.73 Å². The topological polar surface area (TPSA) is 81.8 Å². The minimum Gasteiger partial charge on any atom is -0.366 e. The Labute approximate surface area is 157 Å². The van der Waals surface area contributed by atoms with Gasteiger partial charge in [-0.3, -0.25) is 4.79 Å². The van der Waals surface area contributed by atoms with Crippen LogP contribution in [0.5, 0.6) is 0 Å². The van der Waals surface area contributed by atoms with Crippen LogP contribution in [0.4, 0.5) is 4.39 Å². The largest absolute Gasteiger partial charge is 0.366 e. The molecule has 0 atom stereocenters. The van der Waals surface area contributed by atoms with E-state index in [0.29, 0.717) is 23.4 Å². The maximum atomic E-state index is 13.1. The lowest BCUT2D eigenvalue weighted by Gasteiger charge is -2.25. The van der Waals surface area contributed by atoms with Gasteiger partial charge in [-0.15, -0.1) is 5.10 Å². The molecule has 0 bridgehead atoms. The van der Waals surface area contributed by atoms with Crippen LogP contribution in [-0.2, 0) is 11.8 Å². The molecule has 1 heterocycles. The van der Waals surface area contributed by atoms with Gasteiger partial charge in [-0.05, 0) is 48.1 Å². The summed E-state index contributed by atoms with van der Waals surface area (Å²) in [6.45, 7) is 4.23. The molecule has 1 aromatic heterocycles. The molecule has 0 unspecified atom stereocenters. The first-order valence-electron chi connectivity index (χ1n) is 8.70. The van der Waals surface area contributed by atoms with Crippen molar-refractivity contribution in [2.24, 2.45) is 5.73 Å². The molecule has 138 valence electrons. The van der Waals surface area contributed by atoms with Crippen LogP contribution in [0.1, 0.15) is 41.9 Å². The maximum absolute atomic E-state index is 13.1. The first-order chi connectivity index (χ1) is 12.8. The molecule has 3 rings (SSSR count). The van der Waals surface area contributed by atoms with E-state index in [0.717, 1.165) is 17.7 Å². The predicted octanol–water partition coefficient (Wildman–Crippen LogP) is 3.69. The maximum Gasteiger partial charge on any atom is 0.248 e. The summed E-state index contributed by atoms with van der Waals surface area (Å²) in [7, 11) is 0. The molecule has 2 N–H and O–H groups in total. The zero-order chi connectivity index (χ0) is 19.4. The van der Waals surface area contributed by atoms with E-state index in [1.165, 1.54) is 12.1 Å². The Bertz CT molecular complexity index is 937. The highest BCUT2D eigenvalue weighted by molar-refractivity contribution is 5.93. The van der Waals surface area contributed by atoms with Crippen molar-refractivity contribution in [3.8, 4) is 11.4 Å². The van der Waals surface area contributed by atoms with Crippen LogP contribution < -0.4 is 5.73 Å². The average molecular weight is 364 g/mol. The SMILES string of the molecule is CC(C)(CCc1cnc(-c2cccc(C(N)=O)c2)nn1)c1ccc(F)cc1. The molecule has 6 heteroatoms. The third-order valence-corrected chi connectivity index (χ3v) is 4.65. The molecule has 0 saturated heterocycles. The molecule has 1 amide bonds. The van der Waals surface area contributed by atoms with Gasteiger partial charge in [-0.2, -0.15) is 5.10 Å². The zero-order valence-corrected chi connectivity index (χ0v) is 15.3. The molecule has 3 aromatic rings. The van der Waals surface area contributed by atoms with Crippen molar-refractivity contribution in [2.45, 2.75) is 32.1 Å². The summed E-state index contributed by atoms with van der Waals surface area (Å²) in [6, 6.07) is 13.4. The second kappa shape index (κ2) is 7.61. The Hall–Kier alpha value is -3.15. The number of primary amides is 1. The smallest absolute Gasteiger partial charge is 0.248 e. The summed E-state index contributed by atoms with van der Waals surface area (Å²) in [4.78, 5) is 15.7. The molecular formula is C21H21FN4O. The Kier molecular flexibility index (Phi) is 5.26. The normalized spacial score (nSPS) is 11.4. The molecule has 0 aliphatic heterocycles. The van der Waals surface area contributed by atoms with Crippen molar-refractivity contribution in [2.75, 3.05) is 0 Å². The van der Waals surface area contributed by atoms with Gasteiger partial charge >= 0.3 is 0 Å². The number of carbonyl (C=O) groups is 1. The number of hydrogen-bond acceptors (Lipinski definition) is 4. The number of nitrogens with two attached hydrogens (primary N) is 1. The first kappa shape index (κ1) is 18.6. The van der Waals surface area contributed by atoms with Gasteiger partial charge in [0.25, 0.3) is 0 Å². The van der Waals surface area contributed by atoms with Crippen molar-refractivity contribution >= 4 is 5.91 Å². The minimum atomic E-state index is -0.496. The molecule has 0 aliphatic carbocycles. The van der Waals surface area contributed by atoms with Gasteiger partial charge in [0.15, 0.2) is 5.82 Å². The minimum absolute atomic E-state index is 0.121. The van der Waals surface area contributed by atoms with E-state index in [9.17, 15) is 9.18 Å². The molecule has 0 spiro atoms. The van der Waals surface area contributed by atoms with Crippen LogP contribution in [0.3, 0.4) is 0 Å². The number of nitrogens with zero attached hydrogens (tertiary/aromatic N) is 3. The standard InChI is InChI=1S/C21H21FN4O/c1-21(2,16-6-8-17(22)9-7-16)11-10-18-13-24-20(26-25-18)15-5-3-4-14(12-15)19(23)27/h3-9,12-13H,10-11H2,1-2H3,(H2,23,27). The van der Waals surface area contributed by atoms with E-state index < -0.39 is 5.91 Å². The third kappa shape index (κ3) is 4.53. The Morgan fingerprint density at radius 3 is 2.48 bits per heavy atom. The van der Waals surface area contributed by atoms with Gasteiger partial charge in [0, 0.05) is 11.1 Å². The number of halogens is 1. The lowest BCUT2D eigenvalue weighted by molar-refractivity contribution is 0.100. The van der Waals surface area contributed by atoms with Gasteiger partial charge in [-0.1, -0.05) is 38.1 Å². The number of aromatic nitrogens is 3. The molecular weight excluding hydrogens is 343 g/mol. The van der Waals surface area contributed by atoms with Crippen LogP contribution in [0.25, 0.3) is 11.4 Å². The quantitative estimate of drug-likeness (QED) is 0.723. The third-order valence-electron chi connectivity index (χ3n) is 4.65. The summed E-state index contributed by atoms with van der Waals surface area (Å²) in [5.41, 5.74) is 8.13. The average Bonchev–Trinajstić information content (AvgIpc) is 2.67. The fourth-order valence-corrected chi connectivity index (χ4v) is 2.84. The Morgan fingerprint density at radius 2 is 1.85 bits per heavy atom. The molecule has 5 nitrogen and oxygen atoms in total. The van der Waals surface area contributed by atoms with E-state index in [1.807, 2.05) is 12.1 Å². The molecule has 0 radical (unpaired) electrons. The van der Waals surface area contributed by atoms with Crippen molar-refractivity contribution < 1.29 is 9.18 Å². The molecule has 27 heavy (non-hydrogen) atoms. The van der Waals surface area contributed by atoms with Gasteiger partial charge in [-0.25, -0.2) is 9.37 Å². The van der Waals surface area contributed by atoms with Crippen LogP contribution in [0.15, 0.2) is 54.7 Å². The monoisotopic (exact) mass is 364 g/mol. The number of benzene rings is 2. The van der Waals surface area contributed by atoms with Gasteiger partial charge in [0.1, 0.15) is 5.82 Å². The van der Waals surface area contributed by atoms with Crippen molar-refractivity contribution in [1.29, 1.82) is 0 Å². The number of rotatable bonds is 6. The van der Waals surface area contributed by atoms with Crippen LogP contribution in [0, 0.1) is 5.82 Å². The highest BCUT2D eigenvalue weighted by Gasteiger charge is 2.21. The lowest BCUT2D eigenvalue weighted by atomic mass is 9.80. The van der Waals surface area contributed by atoms with Gasteiger partial charge in [0.2, 0.25) is 5.91 Å². The predicted molar refractivity (Wildman–Crippen MR) is 102 cm³/mol. The number of aryl methyl sites for hydroxylation is 1. The highest BCUT2D eigenvalue weighted by atomic mass is 19.1. The lowest BCUT2D eigenvalue weighted by Crippen LogP contribution is -2.18. The van der Waals surface area contributed by atoms with Crippen LogP contribution in [0.2, 0.25) is 0 Å². The fourth-order valence-electron chi connectivity index (χ4n) is 2.84. The first-order valence-corrected chi connectivity index (χ1v) is 8.70. The number of hydrogen-bond donors (Lipinski definition) is 1. The summed E-state index contributed by atoms with van der Waals surface area (Å²) >= 11 is 0. The number of carbonyl (C=O) groups excluding carboxylic acids is 1. The van der Waals surface area contributed by atoms with E-state index in [-0.39, 0.29) is 11.2 Å². The molecule has 0 saturated carbocycles. The highest BCUT2D eigenvalue weighted by Crippen LogP contribution is 2.28.